The van der Waals surface area contributed by atoms with Gasteiger partial charge in [-0.25, -0.2) is 21.8 Å². The molecule has 1 N–H and O–H groups in total. The molecule has 0 unspecified atom stereocenters. The van der Waals surface area contributed by atoms with E-state index in [9.17, 15) is 25.9 Å². The van der Waals surface area contributed by atoms with Crippen LogP contribution in [0.4, 0.5) is 11.4 Å². The van der Waals surface area contributed by atoms with E-state index in [1.807, 2.05) is 59.2 Å². The van der Waals surface area contributed by atoms with E-state index in [-0.39, 0.29) is 34.5 Å². The van der Waals surface area contributed by atoms with Crippen LogP contribution in [0.25, 0.3) is 38.5 Å². The topological polar surface area (TPSA) is 143 Å². The Kier molecular flexibility index (Phi) is 7.40. The molecule has 0 atom stereocenters. The van der Waals surface area contributed by atoms with E-state index in [1.54, 1.807) is 12.1 Å². The van der Waals surface area contributed by atoms with Crippen molar-refractivity contribution in [1.82, 2.24) is 4.98 Å². The largest absolute Gasteiger partial charge is 1.00 e. The van der Waals surface area contributed by atoms with Crippen LogP contribution in [0.2, 0.25) is 0 Å². The van der Waals surface area contributed by atoms with Crippen LogP contribution in [0.3, 0.4) is 0 Å². The summed E-state index contributed by atoms with van der Waals surface area (Å²) in [4.78, 5) is 4.11. The van der Waals surface area contributed by atoms with E-state index in [4.69, 9.17) is 4.98 Å². The quantitative estimate of drug-likeness (QED) is 0.106. The molecule has 0 saturated heterocycles. The standard InChI is InChI=1S/C28H19N3O6S2.Na/c32-38(33,34)20-12-10-18(11-13-20)29-25-17-27-28(22-15-14-21(16-23(22)25)39(35,36)37)30-24-8-4-5-9-26(24)31(27)19-6-2-1-3-7-19;/h1-17H,(H2,32,33,34,35,36,37);/q;+1/p-1. The van der Waals surface area contributed by atoms with Gasteiger partial charge in [0.05, 0.1) is 15.5 Å². The molecule has 0 fully saturated rings. The zero-order valence-corrected chi connectivity index (χ0v) is 24.6. The second-order valence-electron chi connectivity index (χ2n) is 8.83. The Morgan fingerprint density at radius 2 is 1.27 bits per heavy atom. The van der Waals surface area contributed by atoms with Crippen molar-refractivity contribution >= 4 is 64.5 Å². The van der Waals surface area contributed by atoms with Gasteiger partial charge in [0.2, 0.25) is 16.7 Å². The summed E-state index contributed by atoms with van der Waals surface area (Å²) in [5.41, 5.74) is 4.60. The second-order valence-corrected chi connectivity index (χ2v) is 11.6. The molecule has 0 amide bonds. The maximum atomic E-state index is 11.9. The van der Waals surface area contributed by atoms with Crippen molar-refractivity contribution in [2.24, 2.45) is 0 Å². The molecule has 6 aromatic rings. The zero-order chi connectivity index (χ0) is 27.4. The van der Waals surface area contributed by atoms with Gasteiger partial charge in [0.1, 0.15) is 31.3 Å². The van der Waals surface area contributed by atoms with Crippen LogP contribution in [0.1, 0.15) is 0 Å². The van der Waals surface area contributed by atoms with Crippen LogP contribution < -0.4 is 39.4 Å². The summed E-state index contributed by atoms with van der Waals surface area (Å²) in [6, 6.07) is 28.4. The molecule has 0 spiro atoms. The van der Waals surface area contributed by atoms with Gasteiger partial charge in [-0.3, -0.25) is 0 Å². The average Bonchev–Trinajstić information content (AvgIpc) is 2.91. The van der Waals surface area contributed by atoms with Crippen LogP contribution in [-0.2, 0) is 20.2 Å². The first-order valence-electron chi connectivity index (χ1n) is 11.7. The van der Waals surface area contributed by atoms with E-state index in [0.29, 0.717) is 38.7 Å². The van der Waals surface area contributed by atoms with E-state index < -0.39 is 25.1 Å². The fourth-order valence-electron chi connectivity index (χ4n) is 4.63. The van der Waals surface area contributed by atoms with Gasteiger partial charge in [-0.05, 0) is 42.5 Å². The van der Waals surface area contributed by atoms with Crippen molar-refractivity contribution in [3.63, 3.8) is 0 Å². The van der Waals surface area contributed by atoms with Crippen molar-refractivity contribution in [2.45, 2.75) is 9.79 Å². The number of benzene rings is 5. The average molecular weight is 580 g/mol. The molecular weight excluding hydrogens is 561 g/mol. The molecule has 6 rings (SSSR count). The second kappa shape index (κ2) is 10.5. The van der Waals surface area contributed by atoms with Gasteiger partial charge < -0.3 is 14.4 Å². The Labute approximate surface area is 251 Å². The summed E-state index contributed by atoms with van der Waals surface area (Å²) in [5.74, 6) is 0. The molecule has 1 aromatic heterocycles. The molecular formula is C28H18N3NaO6S2. The number of nitrogens with one attached hydrogen (secondary N) is 1. The van der Waals surface area contributed by atoms with Gasteiger partial charge in [-0.2, -0.15) is 0 Å². The minimum atomic E-state index is -4.75. The van der Waals surface area contributed by atoms with E-state index >= 15 is 0 Å². The number of aromatic nitrogens is 2. The predicted molar refractivity (Wildman–Crippen MR) is 144 cm³/mol. The Hall–Kier alpha value is -3.42. The van der Waals surface area contributed by atoms with Crippen molar-refractivity contribution < 1.29 is 60.1 Å². The first-order chi connectivity index (χ1) is 18.6. The molecule has 12 heteroatoms. The molecule has 1 heterocycles. The number of rotatable bonds is 5. The van der Waals surface area contributed by atoms with Gasteiger partial charge in [0.25, 0.3) is 0 Å². The van der Waals surface area contributed by atoms with Crippen molar-refractivity contribution in [3.05, 3.63) is 103 Å². The van der Waals surface area contributed by atoms with E-state index in [2.05, 4.69) is 5.32 Å². The summed E-state index contributed by atoms with van der Waals surface area (Å²) in [5, 5.41) is 4.20. The number of hydrogen-bond donors (Lipinski definition) is 1. The first kappa shape index (κ1) is 28.1. The smallest absolute Gasteiger partial charge is 0.744 e. The predicted octanol–water partition coefficient (Wildman–Crippen LogP) is 1.37. The number of para-hydroxylation sites is 3. The fraction of sp³-hybridized carbons (Fsp3) is 0. The van der Waals surface area contributed by atoms with E-state index in [1.165, 1.54) is 36.4 Å². The number of hydrogen-bond acceptors (Lipinski definition) is 8. The first-order valence-corrected chi connectivity index (χ1v) is 14.5. The Morgan fingerprint density at radius 1 is 0.650 bits per heavy atom. The molecule has 0 aliphatic heterocycles. The van der Waals surface area contributed by atoms with Crippen LogP contribution in [0.5, 0.6) is 0 Å². The third-order valence-electron chi connectivity index (χ3n) is 6.38. The number of nitrogens with zero attached hydrogens (tertiary/aromatic N) is 2. The molecule has 0 bridgehead atoms. The summed E-state index contributed by atoms with van der Waals surface area (Å²) >= 11 is 0. The fourth-order valence-corrected chi connectivity index (χ4v) is 5.60. The minimum Gasteiger partial charge on any atom is -0.744 e. The molecule has 9 nitrogen and oxygen atoms in total. The third kappa shape index (κ3) is 5.20. The minimum absolute atomic E-state index is 0. The number of anilines is 2. The van der Waals surface area contributed by atoms with Crippen molar-refractivity contribution in [1.29, 1.82) is 0 Å². The molecule has 40 heavy (non-hydrogen) atoms. The van der Waals surface area contributed by atoms with Crippen LogP contribution in [-0.4, -0.2) is 30.9 Å². The molecule has 5 aromatic carbocycles. The third-order valence-corrected chi connectivity index (χ3v) is 8.06. The normalized spacial score (nSPS) is 11.9. The summed E-state index contributed by atoms with van der Waals surface area (Å²) < 4.78 is 71.7. The van der Waals surface area contributed by atoms with Gasteiger partial charge in [0.15, 0.2) is 0 Å². The van der Waals surface area contributed by atoms with Gasteiger partial charge in [0, 0.05) is 40.7 Å². The number of fused-ring (bicyclic) bond motifs is 4. The van der Waals surface area contributed by atoms with Crippen molar-refractivity contribution in [3.8, 4) is 5.69 Å². The van der Waals surface area contributed by atoms with Gasteiger partial charge in [-0.1, -0.05) is 36.4 Å². The zero-order valence-electron chi connectivity index (χ0n) is 21.0. The molecule has 0 aliphatic rings. The molecule has 0 saturated carbocycles. The molecule has 0 radical (unpaired) electrons. The Bertz CT molecular complexity index is 2140. The van der Waals surface area contributed by atoms with Gasteiger partial charge >= 0.3 is 29.6 Å². The van der Waals surface area contributed by atoms with Crippen LogP contribution in [0, 0.1) is 0 Å². The SMILES string of the molecule is O=S(=O)([O-])c1ccc(Nc2cc3c(nc4ccccc4[n+]3-c3ccccc3)c3ccc(S(=O)(=O)[O-])cc23)cc1.[Na+]. The molecule has 194 valence electrons. The Morgan fingerprint density at radius 3 is 1.95 bits per heavy atom. The summed E-state index contributed by atoms with van der Waals surface area (Å²) in [7, 11) is -9.38. The monoisotopic (exact) mass is 579 g/mol. The maximum absolute atomic E-state index is 11.9. The van der Waals surface area contributed by atoms with E-state index in [0.717, 1.165) is 11.2 Å². The Balaban J connectivity index is 0.00000323. The van der Waals surface area contributed by atoms with Crippen molar-refractivity contribution in [2.75, 3.05) is 5.32 Å². The summed E-state index contributed by atoms with van der Waals surface area (Å²) in [6.45, 7) is 0. The van der Waals surface area contributed by atoms with Crippen LogP contribution >= 0.6 is 0 Å². The maximum Gasteiger partial charge on any atom is 1.00 e. The molecule has 0 aliphatic carbocycles. The van der Waals surface area contributed by atoms with Crippen LogP contribution in [0.15, 0.2) is 113 Å². The summed E-state index contributed by atoms with van der Waals surface area (Å²) in [6.07, 6.45) is 0. The van der Waals surface area contributed by atoms with Gasteiger partial charge in [-0.15, -0.1) is 4.57 Å².